The molecule has 0 amide bonds. The molecule has 3 unspecified atom stereocenters. The highest BCUT2D eigenvalue weighted by atomic mass is 19.0. The predicted octanol–water partition coefficient (Wildman–Crippen LogP) is 5.90. The van der Waals surface area contributed by atoms with Crippen LogP contribution in [0, 0.1) is 0 Å². The molecule has 0 aliphatic carbocycles. The summed E-state index contributed by atoms with van der Waals surface area (Å²) >= 11 is 0. The Balaban J connectivity index is 0.00000420. The van der Waals surface area contributed by atoms with Crippen molar-refractivity contribution < 1.29 is 14.2 Å². The van der Waals surface area contributed by atoms with E-state index in [1.54, 1.807) is 0 Å². The summed E-state index contributed by atoms with van der Waals surface area (Å²) in [4.78, 5) is 14.6. The van der Waals surface area contributed by atoms with E-state index < -0.39 is 0 Å². The number of carbonyl (C=O) groups is 1. The van der Waals surface area contributed by atoms with Crippen LogP contribution in [0.5, 0.6) is 0 Å². The Morgan fingerprint density at radius 1 is 0.966 bits per heavy atom. The van der Waals surface area contributed by atoms with E-state index in [4.69, 9.17) is 4.74 Å². The van der Waals surface area contributed by atoms with E-state index in [0.29, 0.717) is 0 Å². The third-order valence-corrected chi connectivity index (χ3v) is 5.28. The highest BCUT2D eigenvalue weighted by Gasteiger charge is 2.36. The lowest BCUT2D eigenvalue weighted by Gasteiger charge is -2.40. The molecule has 2 aromatic rings. The summed E-state index contributed by atoms with van der Waals surface area (Å²) in [5.41, 5.74) is 2.44. The highest BCUT2D eigenvalue weighted by Crippen LogP contribution is 2.40. The molecule has 2 rings (SSSR count). The molecule has 2 aromatic carbocycles. The molecule has 29 heavy (non-hydrogen) atoms. The van der Waals surface area contributed by atoms with E-state index in [1.165, 1.54) is 17.2 Å². The first-order valence-electron chi connectivity index (χ1n) is 10.3. The maximum atomic E-state index is 12.1. The average Bonchev–Trinajstić information content (AvgIpc) is 2.75. The van der Waals surface area contributed by atoms with Crippen molar-refractivity contribution in [2.75, 3.05) is 13.1 Å². The number of hydrogen-bond donors (Lipinski definition) is 0. The Kier molecular flexibility index (Phi) is 10.9. The first-order valence-corrected chi connectivity index (χ1v) is 10.3. The zero-order chi connectivity index (χ0) is 20.4. The third kappa shape index (κ3) is 6.53. The van der Waals surface area contributed by atoms with Crippen molar-refractivity contribution in [3.63, 3.8) is 0 Å². The lowest BCUT2D eigenvalue weighted by atomic mass is 9.80. The molecule has 0 N–H and O–H groups in total. The van der Waals surface area contributed by atoms with Gasteiger partial charge in [-0.15, -0.1) is 0 Å². The number of carbonyl (C=O) groups excluding carboxylic acids is 1. The van der Waals surface area contributed by atoms with Crippen LogP contribution in [0.25, 0.3) is 0 Å². The molecule has 0 aromatic heterocycles. The van der Waals surface area contributed by atoms with Gasteiger partial charge >= 0.3 is 5.97 Å². The maximum Gasteiger partial charge on any atom is 0.330 e. The number of esters is 1. The minimum atomic E-state index is -0.356. The molecule has 0 radical (unpaired) electrons. The average molecular weight is 400 g/mol. The third-order valence-electron chi connectivity index (χ3n) is 5.28. The van der Waals surface area contributed by atoms with Crippen LogP contribution in [0.1, 0.15) is 56.7 Å². The second-order valence-corrected chi connectivity index (χ2v) is 6.98. The molecule has 0 saturated carbocycles. The zero-order valence-electron chi connectivity index (χ0n) is 17.8. The largest absolute Gasteiger partial charge is 0.459 e. The second kappa shape index (κ2) is 12.9. The molecule has 0 aliphatic heterocycles. The van der Waals surface area contributed by atoms with Crippen molar-refractivity contribution in [1.82, 2.24) is 4.90 Å². The Morgan fingerprint density at radius 2 is 1.48 bits per heavy atom. The smallest absolute Gasteiger partial charge is 0.330 e. The minimum Gasteiger partial charge on any atom is -0.459 e. The van der Waals surface area contributed by atoms with Crippen LogP contribution in [-0.4, -0.2) is 30.1 Å². The molecule has 0 heterocycles. The summed E-state index contributed by atoms with van der Waals surface area (Å²) in [7, 11) is 0. The quantitative estimate of drug-likeness (QED) is 0.348. The van der Waals surface area contributed by atoms with Gasteiger partial charge in [0, 0.05) is 18.0 Å². The summed E-state index contributed by atoms with van der Waals surface area (Å²) in [6.45, 7) is 11.9. The summed E-state index contributed by atoms with van der Waals surface area (Å²) in [5, 5.41) is 0. The number of halogens is 1. The molecule has 0 aliphatic rings. The zero-order valence-corrected chi connectivity index (χ0v) is 17.8. The van der Waals surface area contributed by atoms with Gasteiger partial charge in [-0.25, -0.2) is 4.79 Å². The maximum absolute atomic E-state index is 12.1. The van der Waals surface area contributed by atoms with Crippen LogP contribution in [0.3, 0.4) is 0 Å². The van der Waals surface area contributed by atoms with E-state index in [9.17, 15) is 4.79 Å². The van der Waals surface area contributed by atoms with Gasteiger partial charge in [-0.1, -0.05) is 94.4 Å². The molecule has 3 nitrogen and oxygen atoms in total. The lowest BCUT2D eigenvalue weighted by molar-refractivity contribution is -0.145. The first-order chi connectivity index (χ1) is 13.7. The van der Waals surface area contributed by atoms with Crippen molar-refractivity contribution >= 4 is 5.97 Å². The van der Waals surface area contributed by atoms with Gasteiger partial charge in [0.2, 0.25) is 0 Å². The number of ether oxygens (including phenoxy) is 1. The van der Waals surface area contributed by atoms with Gasteiger partial charge in [0.15, 0.2) is 0 Å². The van der Waals surface area contributed by atoms with Crippen LogP contribution in [0.4, 0.5) is 4.70 Å². The van der Waals surface area contributed by atoms with Crippen molar-refractivity contribution in [2.24, 2.45) is 0 Å². The molecule has 0 saturated heterocycles. The number of likely N-dealkylation sites (N-methyl/N-ethyl adjacent to an activating group) is 1. The molecule has 0 spiro atoms. The van der Waals surface area contributed by atoms with Gasteiger partial charge in [-0.2, -0.15) is 0 Å². The molecular formula is C25H34FNO2. The van der Waals surface area contributed by atoms with Crippen LogP contribution >= 0.6 is 0 Å². The van der Waals surface area contributed by atoms with Crippen molar-refractivity contribution in [2.45, 2.75) is 51.7 Å². The van der Waals surface area contributed by atoms with Gasteiger partial charge in [-0.3, -0.25) is 9.60 Å². The Morgan fingerprint density at radius 3 is 1.93 bits per heavy atom. The van der Waals surface area contributed by atoms with Gasteiger partial charge in [0.25, 0.3) is 0 Å². The fraction of sp³-hybridized carbons (Fsp3) is 0.400. The fourth-order valence-corrected chi connectivity index (χ4v) is 3.98. The van der Waals surface area contributed by atoms with Crippen molar-refractivity contribution in [3.05, 3.63) is 84.4 Å². The van der Waals surface area contributed by atoms with Gasteiger partial charge in [0.05, 0.1) is 0 Å². The number of hydrogen-bond acceptors (Lipinski definition) is 3. The highest BCUT2D eigenvalue weighted by molar-refractivity contribution is 5.81. The van der Waals surface area contributed by atoms with Gasteiger partial charge < -0.3 is 4.74 Å². The van der Waals surface area contributed by atoms with Crippen molar-refractivity contribution in [1.29, 1.82) is 0 Å². The van der Waals surface area contributed by atoms with Crippen LogP contribution in [-0.2, 0) is 9.53 Å². The Hall–Kier alpha value is -2.46. The molecule has 0 fully saturated rings. The summed E-state index contributed by atoms with van der Waals surface area (Å²) in [6.07, 6.45) is 2.80. The number of rotatable bonds is 11. The van der Waals surface area contributed by atoms with Gasteiger partial charge in [-0.05, 0) is 30.6 Å². The van der Waals surface area contributed by atoms with E-state index in [0.717, 1.165) is 25.9 Å². The summed E-state index contributed by atoms with van der Waals surface area (Å²) < 4.78 is 5.91. The molecular weight excluding hydrogens is 365 g/mol. The standard InChI is InChI=1S/C25H33NO2.FH/c1-5-15-22(28-23(27)6-2)24(20-16-11-9-12-17-20)25(26(7-3)8-4)21-18-13-10-14-19-21;/h6,9-14,16-19,22,24-25H,2,5,7-8,15H2,1,3-4H3;1H. The fourth-order valence-electron chi connectivity index (χ4n) is 3.98. The SMILES string of the molecule is C=CC(=O)OC(CCC)C(c1ccccc1)C(c1ccccc1)N(CC)CC.F. The van der Waals surface area contributed by atoms with E-state index in [-0.39, 0.29) is 28.7 Å². The summed E-state index contributed by atoms with van der Waals surface area (Å²) in [5.74, 6) is -0.321. The topological polar surface area (TPSA) is 29.5 Å². The number of benzene rings is 2. The van der Waals surface area contributed by atoms with E-state index >= 15 is 0 Å². The number of nitrogens with zero attached hydrogens (tertiary/aromatic N) is 1. The van der Waals surface area contributed by atoms with Crippen LogP contribution < -0.4 is 0 Å². The minimum absolute atomic E-state index is 0. The molecule has 0 bridgehead atoms. The first kappa shape index (κ1) is 24.6. The monoisotopic (exact) mass is 399 g/mol. The molecule has 4 heteroatoms. The Bertz CT molecular complexity index is 716. The Labute approximate surface area is 174 Å². The normalized spacial score (nSPS) is 13.8. The molecule has 3 atom stereocenters. The second-order valence-electron chi connectivity index (χ2n) is 6.98. The van der Waals surface area contributed by atoms with E-state index in [2.05, 4.69) is 80.8 Å². The predicted molar refractivity (Wildman–Crippen MR) is 119 cm³/mol. The van der Waals surface area contributed by atoms with Crippen LogP contribution in [0.15, 0.2) is 73.3 Å². The summed E-state index contributed by atoms with van der Waals surface area (Å²) in [6, 6.07) is 21.1. The molecule has 158 valence electrons. The van der Waals surface area contributed by atoms with Crippen molar-refractivity contribution in [3.8, 4) is 0 Å². The van der Waals surface area contributed by atoms with E-state index in [1.807, 2.05) is 12.1 Å². The van der Waals surface area contributed by atoms with Gasteiger partial charge in [0.1, 0.15) is 6.10 Å². The van der Waals surface area contributed by atoms with Crippen LogP contribution in [0.2, 0.25) is 0 Å². The lowest BCUT2D eigenvalue weighted by Crippen LogP contribution is -2.39.